The van der Waals surface area contributed by atoms with Crippen molar-refractivity contribution >= 4 is 17.5 Å². The van der Waals surface area contributed by atoms with Gasteiger partial charge in [-0.1, -0.05) is 35.9 Å². The Morgan fingerprint density at radius 3 is 2.43 bits per heavy atom. The van der Waals surface area contributed by atoms with E-state index in [2.05, 4.69) is 0 Å². The maximum absolute atomic E-state index is 12.2. The van der Waals surface area contributed by atoms with E-state index in [9.17, 15) is 4.79 Å². The first kappa shape index (κ1) is 17.2. The number of para-hydroxylation sites is 2. The predicted molar refractivity (Wildman–Crippen MR) is 91.0 cm³/mol. The van der Waals surface area contributed by atoms with Crippen LogP contribution in [0.4, 0.5) is 0 Å². The second-order valence-corrected chi connectivity index (χ2v) is 5.48. The zero-order valence-corrected chi connectivity index (χ0v) is 14.0. The van der Waals surface area contributed by atoms with Gasteiger partial charge in [0.2, 0.25) is 0 Å². The Labute approximate surface area is 141 Å². The number of benzene rings is 2. The number of amides is 1. The number of ether oxygens (including phenoxy) is 2. The highest BCUT2D eigenvalue weighted by Crippen LogP contribution is 2.26. The van der Waals surface area contributed by atoms with E-state index in [1.54, 1.807) is 24.1 Å². The summed E-state index contributed by atoms with van der Waals surface area (Å²) in [6.07, 6.45) is 0. The van der Waals surface area contributed by atoms with Crippen molar-refractivity contribution in [3.8, 4) is 11.5 Å². The van der Waals surface area contributed by atoms with Crippen LogP contribution in [-0.4, -0.2) is 31.1 Å². The van der Waals surface area contributed by atoms with Crippen molar-refractivity contribution in [2.75, 3.05) is 20.3 Å². The van der Waals surface area contributed by atoms with Gasteiger partial charge < -0.3 is 14.4 Å². The number of nitrogens with zero attached hydrogens (tertiary/aromatic N) is 1. The highest BCUT2D eigenvalue weighted by Gasteiger charge is 2.12. The van der Waals surface area contributed by atoms with Gasteiger partial charge in [-0.2, -0.15) is 0 Å². The fourth-order valence-corrected chi connectivity index (χ4v) is 2.30. The largest absolute Gasteiger partial charge is 0.490 e. The van der Waals surface area contributed by atoms with E-state index >= 15 is 0 Å². The molecule has 0 N–H and O–H groups in total. The van der Waals surface area contributed by atoms with Crippen LogP contribution in [0.25, 0.3) is 0 Å². The average molecular weight is 334 g/mol. The lowest BCUT2D eigenvalue weighted by atomic mass is 10.2. The highest BCUT2D eigenvalue weighted by atomic mass is 35.5. The lowest BCUT2D eigenvalue weighted by Crippen LogP contribution is -2.31. The van der Waals surface area contributed by atoms with Crippen LogP contribution in [-0.2, 0) is 11.3 Å². The average Bonchev–Trinajstić information content (AvgIpc) is 2.54. The van der Waals surface area contributed by atoms with Gasteiger partial charge in [-0.3, -0.25) is 4.79 Å². The summed E-state index contributed by atoms with van der Waals surface area (Å²) in [5, 5.41) is 0.658. The van der Waals surface area contributed by atoms with E-state index < -0.39 is 0 Å². The van der Waals surface area contributed by atoms with Crippen LogP contribution < -0.4 is 9.47 Å². The molecule has 0 aliphatic heterocycles. The molecule has 0 bridgehead atoms. The summed E-state index contributed by atoms with van der Waals surface area (Å²) in [4.78, 5) is 13.8. The molecule has 0 atom stereocenters. The Balaban J connectivity index is 1.91. The van der Waals surface area contributed by atoms with E-state index in [0.717, 1.165) is 5.56 Å². The van der Waals surface area contributed by atoms with Crippen LogP contribution in [0, 0.1) is 0 Å². The van der Waals surface area contributed by atoms with Gasteiger partial charge in [-0.05, 0) is 36.8 Å². The normalized spacial score (nSPS) is 10.2. The number of likely N-dealkylation sites (N-methyl/N-ethyl adjacent to an activating group) is 1. The smallest absolute Gasteiger partial charge is 0.260 e. The Hall–Kier alpha value is -2.20. The Morgan fingerprint density at radius 1 is 1.09 bits per heavy atom. The topological polar surface area (TPSA) is 38.8 Å². The van der Waals surface area contributed by atoms with Gasteiger partial charge in [0.15, 0.2) is 18.1 Å². The molecule has 122 valence electrons. The third-order valence-corrected chi connectivity index (χ3v) is 3.47. The van der Waals surface area contributed by atoms with Crippen molar-refractivity contribution in [1.82, 2.24) is 4.90 Å². The van der Waals surface area contributed by atoms with Crippen molar-refractivity contribution in [2.24, 2.45) is 0 Å². The van der Waals surface area contributed by atoms with Gasteiger partial charge in [-0.15, -0.1) is 0 Å². The molecule has 0 radical (unpaired) electrons. The summed E-state index contributed by atoms with van der Waals surface area (Å²) in [5.41, 5.74) is 0.975. The van der Waals surface area contributed by atoms with Gasteiger partial charge in [0.25, 0.3) is 5.91 Å². The quantitative estimate of drug-likeness (QED) is 0.774. The van der Waals surface area contributed by atoms with Crippen molar-refractivity contribution < 1.29 is 14.3 Å². The number of hydrogen-bond acceptors (Lipinski definition) is 3. The molecule has 0 saturated carbocycles. The molecule has 4 nitrogen and oxygen atoms in total. The second-order valence-electron chi connectivity index (χ2n) is 5.05. The van der Waals surface area contributed by atoms with Gasteiger partial charge >= 0.3 is 0 Å². The first-order valence-corrected chi connectivity index (χ1v) is 7.81. The van der Waals surface area contributed by atoms with Crippen LogP contribution in [0.2, 0.25) is 5.02 Å². The minimum atomic E-state index is -0.115. The number of rotatable bonds is 7. The molecule has 23 heavy (non-hydrogen) atoms. The first-order chi connectivity index (χ1) is 11.1. The Morgan fingerprint density at radius 2 is 1.78 bits per heavy atom. The molecule has 2 aromatic carbocycles. The number of carbonyl (C=O) groups excluding carboxylic acids is 1. The molecule has 5 heteroatoms. The van der Waals surface area contributed by atoms with Crippen LogP contribution in [0.1, 0.15) is 12.5 Å². The van der Waals surface area contributed by atoms with Crippen molar-refractivity contribution in [2.45, 2.75) is 13.5 Å². The Bertz CT molecular complexity index is 660. The van der Waals surface area contributed by atoms with Crippen molar-refractivity contribution in [3.05, 3.63) is 59.1 Å². The van der Waals surface area contributed by atoms with Gasteiger partial charge in [-0.25, -0.2) is 0 Å². The number of hydrogen-bond donors (Lipinski definition) is 0. The third kappa shape index (κ3) is 5.18. The van der Waals surface area contributed by atoms with E-state index in [4.69, 9.17) is 21.1 Å². The molecule has 0 fully saturated rings. The molecule has 2 aromatic rings. The van der Waals surface area contributed by atoms with Gasteiger partial charge in [0.1, 0.15) is 0 Å². The third-order valence-electron chi connectivity index (χ3n) is 3.23. The number of carbonyl (C=O) groups is 1. The van der Waals surface area contributed by atoms with Crippen LogP contribution >= 0.6 is 11.6 Å². The molecule has 0 aliphatic rings. The lowest BCUT2D eigenvalue weighted by Gasteiger charge is -2.18. The molecule has 0 spiro atoms. The van der Waals surface area contributed by atoms with Crippen molar-refractivity contribution in [1.29, 1.82) is 0 Å². The Kier molecular flexibility index (Phi) is 6.29. The van der Waals surface area contributed by atoms with E-state index in [1.807, 2.05) is 43.3 Å². The molecule has 0 saturated heterocycles. The van der Waals surface area contributed by atoms with Crippen LogP contribution in [0.15, 0.2) is 48.5 Å². The fraction of sp³-hybridized carbons (Fsp3) is 0.278. The monoisotopic (exact) mass is 333 g/mol. The minimum absolute atomic E-state index is 0.0405. The van der Waals surface area contributed by atoms with Crippen molar-refractivity contribution in [3.63, 3.8) is 0 Å². The molecular weight excluding hydrogens is 314 g/mol. The standard InChI is InChI=1S/C18H20ClNO3/c1-3-22-16-9-4-5-10-17(16)23-13-18(21)20(2)12-14-7-6-8-15(19)11-14/h4-11H,3,12-13H2,1-2H3. The molecule has 0 heterocycles. The molecule has 0 aliphatic carbocycles. The summed E-state index contributed by atoms with van der Waals surface area (Å²) in [7, 11) is 1.74. The maximum atomic E-state index is 12.2. The minimum Gasteiger partial charge on any atom is -0.490 e. The molecule has 0 aromatic heterocycles. The first-order valence-electron chi connectivity index (χ1n) is 7.43. The van der Waals surface area contributed by atoms with Gasteiger partial charge in [0, 0.05) is 18.6 Å². The maximum Gasteiger partial charge on any atom is 0.260 e. The molecule has 1 amide bonds. The molecule has 0 unspecified atom stereocenters. The van der Waals surface area contributed by atoms with Crippen LogP contribution in [0.5, 0.6) is 11.5 Å². The predicted octanol–water partition coefficient (Wildman–Crippen LogP) is 3.78. The highest BCUT2D eigenvalue weighted by molar-refractivity contribution is 6.30. The van der Waals surface area contributed by atoms with E-state index in [0.29, 0.717) is 29.7 Å². The number of halogens is 1. The summed E-state index contributed by atoms with van der Waals surface area (Å²) in [6.45, 7) is 2.89. The van der Waals surface area contributed by atoms with E-state index in [1.165, 1.54) is 0 Å². The molecular formula is C18H20ClNO3. The molecule has 2 rings (SSSR count). The van der Waals surface area contributed by atoms with E-state index in [-0.39, 0.29) is 12.5 Å². The summed E-state index contributed by atoms with van der Waals surface area (Å²) >= 11 is 5.95. The summed E-state index contributed by atoms with van der Waals surface area (Å²) in [6, 6.07) is 14.8. The second kappa shape index (κ2) is 8.44. The fourth-order valence-electron chi connectivity index (χ4n) is 2.09. The van der Waals surface area contributed by atoms with Gasteiger partial charge in [0.05, 0.1) is 6.61 Å². The SMILES string of the molecule is CCOc1ccccc1OCC(=O)N(C)Cc1cccc(Cl)c1. The zero-order valence-electron chi connectivity index (χ0n) is 13.3. The zero-order chi connectivity index (χ0) is 16.7. The summed E-state index contributed by atoms with van der Waals surface area (Å²) in [5.74, 6) is 1.09. The summed E-state index contributed by atoms with van der Waals surface area (Å²) < 4.78 is 11.1. The van der Waals surface area contributed by atoms with Crippen LogP contribution in [0.3, 0.4) is 0 Å². The lowest BCUT2D eigenvalue weighted by molar-refractivity contribution is -0.132.